The highest BCUT2D eigenvalue weighted by atomic mass is 19.2. The van der Waals surface area contributed by atoms with Crippen molar-refractivity contribution in [1.29, 1.82) is 0 Å². The second kappa shape index (κ2) is 7.66. The van der Waals surface area contributed by atoms with Crippen LogP contribution in [0.1, 0.15) is 38.7 Å². The van der Waals surface area contributed by atoms with Crippen LogP contribution in [0.3, 0.4) is 0 Å². The molecule has 0 aliphatic carbocycles. The van der Waals surface area contributed by atoms with Crippen molar-refractivity contribution >= 4 is 12.1 Å². The number of halogens is 5. The lowest BCUT2D eigenvalue weighted by Gasteiger charge is -2.20. The number of ether oxygens (including phenoxy) is 1. The molecular weight excluding hydrogens is 353 g/mol. The van der Waals surface area contributed by atoms with E-state index in [4.69, 9.17) is 9.84 Å². The second-order valence-corrected chi connectivity index (χ2v) is 6.09. The molecule has 0 saturated heterocycles. The maximum atomic E-state index is 13.7. The molecule has 0 aromatic heterocycles. The monoisotopic (exact) mass is 369 g/mol. The normalized spacial score (nSPS) is 12.6. The minimum atomic E-state index is -2.38. The zero-order chi connectivity index (χ0) is 19.5. The number of carboxylic acids is 1. The molecule has 25 heavy (non-hydrogen) atoms. The number of carbonyl (C=O) groups is 2. The molecule has 5 nitrogen and oxygen atoms in total. The molecule has 0 aliphatic heterocycles. The molecule has 1 aromatic rings. The molecule has 0 heterocycles. The summed E-state index contributed by atoms with van der Waals surface area (Å²) in [7, 11) is 0. The topological polar surface area (TPSA) is 75.6 Å². The summed E-state index contributed by atoms with van der Waals surface area (Å²) in [6.07, 6.45) is -1.54. The Labute approximate surface area is 139 Å². The highest BCUT2D eigenvalue weighted by Crippen LogP contribution is 2.30. The zero-order valence-electron chi connectivity index (χ0n) is 13.6. The Morgan fingerprint density at radius 1 is 1.00 bits per heavy atom. The molecule has 0 spiro atoms. The summed E-state index contributed by atoms with van der Waals surface area (Å²) in [5, 5.41) is 11.2. The van der Waals surface area contributed by atoms with E-state index in [1.54, 1.807) is 20.8 Å². The van der Waals surface area contributed by atoms with Gasteiger partial charge in [-0.25, -0.2) is 26.7 Å². The van der Waals surface area contributed by atoms with Crippen molar-refractivity contribution in [3.05, 3.63) is 34.6 Å². The molecule has 0 saturated carbocycles. The number of benzene rings is 1. The Hall–Kier alpha value is -2.39. The molecule has 0 aliphatic rings. The number of hydrogen-bond acceptors (Lipinski definition) is 3. The van der Waals surface area contributed by atoms with Gasteiger partial charge in [0.1, 0.15) is 5.60 Å². The molecular formula is C15H16F5NO4. The van der Waals surface area contributed by atoms with Crippen LogP contribution in [0.2, 0.25) is 0 Å². The minimum absolute atomic E-state index is 0.425. The zero-order valence-corrected chi connectivity index (χ0v) is 13.6. The van der Waals surface area contributed by atoms with Crippen LogP contribution in [0.4, 0.5) is 26.7 Å². The number of carboxylic acid groups (broad SMARTS) is 1. The molecule has 0 bridgehead atoms. The maximum absolute atomic E-state index is 13.7. The van der Waals surface area contributed by atoms with E-state index in [9.17, 15) is 31.5 Å². The minimum Gasteiger partial charge on any atom is -0.481 e. The first-order valence-electron chi connectivity index (χ1n) is 7.07. The van der Waals surface area contributed by atoms with Crippen LogP contribution in [-0.2, 0) is 9.53 Å². The summed E-state index contributed by atoms with van der Waals surface area (Å²) in [6.45, 7) is 4.29. The van der Waals surface area contributed by atoms with Crippen LogP contribution in [0, 0.1) is 29.1 Å². The van der Waals surface area contributed by atoms with Gasteiger partial charge in [0.05, 0.1) is 5.92 Å². The predicted molar refractivity (Wildman–Crippen MR) is 75.5 cm³/mol. The van der Waals surface area contributed by atoms with Gasteiger partial charge in [0.15, 0.2) is 23.3 Å². The lowest BCUT2D eigenvalue weighted by atomic mass is 9.94. The Kier molecular flexibility index (Phi) is 6.33. The predicted octanol–water partition coefficient (Wildman–Crippen LogP) is 3.47. The largest absolute Gasteiger partial charge is 0.481 e. The molecule has 1 atom stereocenters. The SMILES string of the molecule is CC(C)(C)OC(=O)NCCC(C(=O)O)c1c(F)c(F)c(F)c(F)c1F. The summed E-state index contributed by atoms with van der Waals surface area (Å²) in [5.41, 5.74) is -2.30. The fraction of sp³-hybridized carbons (Fsp3) is 0.467. The average molecular weight is 369 g/mol. The summed E-state index contributed by atoms with van der Waals surface area (Å²) in [4.78, 5) is 22.6. The Bertz CT molecular complexity index is 658. The summed E-state index contributed by atoms with van der Waals surface area (Å²) in [6, 6.07) is 0. The molecule has 2 N–H and O–H groups in total. The van der Waals surface area contributed by atoms with Crippen molar-refractivity contribution in [3.63, 3.8) is 0 Å². The lowest BCUT2D eigenvalue weighted by molar-refractivity contribution is -0.139. The molecule has 10 heteroatoms. The number of alkyl carbamates (subject to hydrolysis) is 1. The third-order valence-electron chi connectivity index (χ3n) is 2.99. The van der Waals surface area contributed by atoms with Gasteiger partial charge in [-0.2, -0.15) is 0 Å². The first kappa shape index (κ1) is 20.7. The highest BCUT2D eigenvalue weighted by molar-refractivity contribution is 5.76. The number of nitrogens with one attached hydrogen (secondary N) is 1. The van der Waals surface area contributed by atoms with Crippen molar-refractivity contribution < 1.29 is 41.4 Å². The van der Waals surface area contributed by atoms with Gasteiger partial charge in [-0.05, 0) is 27.2 Å². The van der Waals surface area contributed by atoms with Gasteiger partial charge in [0.25, 0.3) is 0 Å². The van der Waals surface area contributed by atoms with E-state index < -0.39 is 71.2 Å². The summed E-state index contributed by atoms with van der Waals surface area (Å²) >= 11 is 0. The summed E-state index contributed by atoms with van der Waals surface area (Å²) in [5.74, 6) is -15.2. The van der Waals surface area contributed by atoms with Crippen LogP contribution >= 0.6 is 0 Å². The van der Waals surface area contributed by atoms with Crippen molar-refractivity contribution in [3.8, 4) is 0 Å². The number of rotatable bonds is 5. The number of amides is 1. The maximum Gasteiger partial charge on any atom is 0.407 e. The Balaban J connectivity index is 3.00. The van der Waals surface area contributed by atoms with Gasteiger partial charge in [0.2, 0.25) is 5.82 Å². The number of carbonyl (C=O) groups excluding carboxylic acids is 1. The van der Waals surface area contributed by atoms with Crippen molar-refractivity contribution in [2.75, 3.05) is 6.54 Å². The average Bonchev–Trinajstić information content (AvgIpc) is 2.47. The molecule has 1 aromatic carbocycles. The molecule has 0 radical (unpaired) electrons. The Morgan fingerprint density at radius 3 is 1.84 bits per heavy atom. The van der Waals surface area contributed by atoms with Gasteiger partial charge >= 0.3 is 12.1 Å². The van der Waals surface area contributed by atoms with Gasteiger partial charge in [-0.1, -0.05) is 0 Å². The standard InChI is InChI=1S/C15H16F5NO4/c1-15(2,3)25-14(24)21-5-4-6(13(22)23)7-8(16)10(18)12(20)11(19)9(7)17/h6H,4-5H2,1-3H3,(H,21,24)(H,22,23). The fourth-order valence-corrected chi connectivity index (χ4v) is 1.95. The van der Waals surface area contributed by atoms with E-state index in [2.05, 4.69) is 5.32 Å². The van der Waals surface area contributed by atoms with Crippen LogP contribution in [0.15, 0.2) is 0 Å². The smallest absolute Gasteiger partial charge is 0.407 e. The molecule has 1 amide bonds. The number of aliphatic carboxylic acids is 1. The van der Waals surface area contributed by atoms with Crippen molar-refractivity contribution in [2.45, 2.75) is 38.7 Å². The summed E-state index contributed by atoms with van der Waals surface area (Å²) < 4.78 is 71.8. The molecule has 0 fully saturated rings. The van der Waals surface area contributed by atoms with Crippen LogP contribution in [0.5, 0.6) is 0 Å². The van der Waals surface area contributed by atoms with Gasteiger partial charge in [0, 0.05) is 12.1 Å². The molecule has 1 unspecified atom stereocenters. The van der Waals surface area contributed by atoms with Gasteiger partial charge < -0.3 is 15.2 Å². The third-order valence-corrected chi connectivity index (χ3v) is 2.99. The molecule has 140 valence electrons. The lowest BCUT2D eigenvalue weighted by Crippen LogP contribution is -2.34. The van der Waals surface area contributed by atoms with Gasteiger partial charge in [-0.15, -0.1) is 0 Å². The quantitative estimate of drug-likeness (QED) is 0.474. The van der Waals surface area contributed by atoms with Crippen LogP contribution in [-0.4, -0.2) is 29.3 Å². The van der Waals surface area contributed by atoms with Gasteiger partial charge in [-0.3, -0.25) is 4.79 Å². The van der Waals surface area contributed by atoms with E-state index in [0.717, 1.165) is 0 Å². The highest BCUT2D eigenvalue weighted by Gasteiger charge is 2.33. The number of hydrogen-bond donors (Lipinski definition) is 2. The third kappa shape index (κ3) is 5.04. The van der Waals surface area contributed by atoms with Crippen molar-refractivity contribution in [1.82, 2.24) is 5.32 Å². The second-order valence-electron chi connectivity index (χ2n) is 6.09. The van der Waals surface area contributed by atoms with E-state index in [1.807, 2.05) is 0 Å². The Morgan fingerprint density at radius 2 is 1.44 bits per heavy atom. The first-order valence-corrected chi connectivity index (χ1v) is 7.07. The fourth-order valence-electron chi connectivity index (χ4n) is 1.95. The van der Waals surface area contributed by atoms with Crippen molar-refractivity contribution in [2.24, 2.45) is 0 Å². The first-order chi connectivity index (χ1) is 11.4. The van der Waals surface area contributed by atoms with Crippen LogP contribution in [0.25, 0.3) is 0 Å². The van der Waals surface area contributed by atoms with E-state index >= 15 is 0 Å². The molecule has 1 rings (SSSR count). The van der Waals surface area contributed by atoms with E-state index in [0.29, 0.717) is 0 Å². The van der Waals surface area contributed by atoms with Crippen LogP contribution < -0.4 is 5.32 Å². The van der Waals surface area contributed by atoms with E-state index in [1.165, 1.54) is 0 Å². The van der Waals surface area contributed by atoms with E-state index in [-0.39, 0.29) is 0 Å².